The van der Waals surface area contributed by atoms with Crippen molar-refractivity contribution in [1.82, 2.24) is 0 Å². The number of ether oxygens (including phenoxy) is 4. The predicted octanol–water partition coefficient (Wildman–Crippen LogP) is 2.52. The fourth-order valence-corrected chi connectivity index (χ4v) is 2.43. The highest BCUT2D eigenvalue weighted by Gasteiger charge is 2.46. The van der Waals surface area contributed by atoms with Crippen LogP contribution in [0.3, 0.4) is 0 Å². The van der Waals surface area contributed by atoms with Crippen LogP contribution in [0.1, 0.15) is 32.1 Å². The first kappa shape index (κ1) is 12.7. The van der Waals surface area contributed by atoms with E-state index >= 15 is 0 Å². The van der Waals surface area contributed by atoms with Crippen molar-refractivity contribution in [3.63, 3.8) is 0 Å². The maximum atomic E-state index is 11.4. The lowest BCUT2D eigenvalue weighted by molar-refractivity contribution is -0.0792. The van der Waals surface area contributed by atoms with Crippen molar-refractivity contribution < 1.29 is 28.5 Å². The van der Waals surface area contributed by atoms with E-state index in [4.69, 9.17) is 9.47 Å². The molecule has 6 heteroatoms. The fraction of sp³-hybridized carbons (Fsp3) is 0.667. The Balaban J connectivity index is 1.93. The summed E-state index contributed by atoms with van der Waals surface area (Å²) in [6.07, 6.45) is 5.45. The average molecular weight is 256 g/mol. The van der Waals surface area contributed by atoms with Crippen molar-refractivity contribution in [1.29, 1.82) is 0 Å². The van der Waals surface area contributed by atoms with Crippen LogP contribution >= 0.6 is 0 Å². The minimum Gasteiger partial charge on any atom is -0.491 e. The van der Waals surface area contributed by atoms with Gasteiger partial charge in [-0.2, -0.15) is 0 Å². The molecular formula is C12H16O6. The first-order chi connectivity index (χ1) is 8.66. The summed E-state index contributed by atoms with van der Waals surface area (Å²) in [7, 11) is 1.12. The van der Waals surface area contributed by atoms with Crippen molar-refractivity contribution in [2.45, 2.75) is 43.8 Å². The lowest BCUT2D eigenvalue weighted by atomic mass is 9.81. The number of carbonyl (C=O) groups is 2. The van der Waals surface area contributed by atoms with E-state index in [9.17, 15) is 9.59 Å². The van der Waals surface area contributed by atoms with E-state index in [1.165, 1.54) is 0 Å². The molecule has 0 N–H and O–H groups in total. The van der Waals surface area contributed by atoms with E-state index < -0.39 is 24.0 Å². The monoisotopic (exact) mass is 256 g/mol. The van der Waals surface area contributed by atoms with Crippen molar-refractivity contribution in [2.24, 2.45) is 0 Å². The lowest BCUT2D eigenvalue weighted by Gasteiger charge is -2.36. The number of carbonyl (C=O) groups excluding carboxylic acids is 2. The normalized spacial score (nSPS) is 24.4. The molecule has 1 unspecified atom stereocenters. The predicted molar refractivity (Wildman–Crippen MR) is 59.8 cm³/mol. The highest BCUT2D eigenvalue weighted by atomic mass is 16.8. The average Bonchev–Trinajstić information content (AvgIpc) is 2.73. The van der Waals surface area contributed by atoms with Crippen LogP contribution < -0.4 is 0 Å². The molecule has 0 aromatic carbocycles. The Morgan fingerprint density at radius 1 is 1.22 bits per heavy atom. The van der Waals surface area contributed by atoms with Gasteiger partial charge in [0.05, 0.1) is 13.4 Å². The van der Waals surface area contributed by atoms with E-state index in [2.05, 4.69) is 9.47 Å². The fourth-order valence-electron chi connectivity index (χ4n) is 2.43. The van der Waals surface area contributed by atoms with Crippen molar-refractivity contribution in [3.05, 3.63) is 12.3 Å². The van der Waals surface area contributed by atoms with E-state index in [1.807, 2.05) is 0 Å². The van der Waals surface area contributed by atoms with Gasteiger partial charge >= 0.3 is 12.3 Å². The molecule has 1 fully saturated rings. The molecule has 0 bridgehead atoms. The minimum absolute atomic E-state index is 0.479. The zero-order valence-corrected chi connectivity index (χ0v) is 10.2. The van der Waals surface area contributed by atoms with E-state index in [-0.39, 0.29) is 0 Å². The number of rotatable bonds is 1. The molecule has 0 radical (unpaired) electrons. The molecule has 2 rings (SSSR count). The van der Waals surface area contributed by atoms with Gasteiger partial charge in [0.1, 0.15) is 5.60 Å². The lowest BCUT2D eigenvalue weighted by Crippen LogP contribution is -2.44. The van der Waals surface area contributed by atoms with Gasteiger partial charge in [-0.3, -0.25) is 0 Å². The van der Waals surface area contributed by atoms with Gasteiger partial charge in [-0.25, -0.2) is 9.59 Å². The van der Waals surface area contributed by atoms with E-state index in [1.54, 1.807) is 12.3 Å². The van der Waals surface area contributed by atoms with Crippen LogP contribution in [0.5, 0.6) is 0 Å². The van der Waals surface area contributed by atoms with Gasteiger partial charge in [0.2, 0.25) is 0 Å². The van der Waals surface area contributed by atoms with Crippen LogP contribution in [0.25, 0.3) is 0 Å². The Morgan fingerprint density at radius 2 is 1.94 bits per heavy atom. The Labute approximate surface area is 105 Å². The second kappa shape index (κ2) is 5.29. The van der Waals surface area contributed by atoms with Gasteiger partial charge in [0.25, 0.3) is 0 Å². The molecule has 1 aliphatic heterocycles. The Hall–Kier alpha value is -1.72. The molecule has 0 aromatic rings. The summed E-state index contributed by atoms with van der Waals surface area (Å²) in [6, 6.07) is 0. The molecule has 18 heavy (non-hydrogen) atoms. The third-order valence-corrected chi connectivity index (χ3v) is 3.33. The van der Waals surface area contributed by atoms with Crippen LogP contribution in [0.2, 0.25) is 0 Å². The third-order valence-electron chi connectivity index (χ3n) is 3.33. The molecule has 0 aromatic heterocycles. The molecule has 1 spiro atoms. The van der Waals surface area contributed by atoms with Crippen molar-refractivity contribution in [3.8, 4) is 0 Å². The third kappa shape index (κ3) is 2.57. The van der Waals surface area contributed by atoms with Crippen LogP contribution in [0.15, 0.2) is 12.3 Å². The maximum Gasteiger partial charge on any atom is 0.519 e. The number of methoxy groups -OCH3 is 1. The number of hydrogen-bond donors (Lipinski definition) is 0. The second-order valence-electron chi connectivity index (χ2n) is 4.42. The molecule has 6 nitrogen and oxygen atoms in total. The van der Waals surface area contributed by atoms with Gasteiger partial charge < -0.3 is 18.9 Å². The largest absolute Gasteiger partial charge is 0.519 e. The van der Waals surface area contributed by atoms with Crippen molar-refractivity contribution in [2.75, 3.05) is 7.11 Å². The standard InChI is InChI=1S/C12H16O6/c1-15-10(13)18-11(14)17-9-5-8-16-12(9)6-3-2-4-7-12/h5,8-9H,2-4,6-7H2,1H3. The van der Waals surface area contributed by atoms with Gasteiger partial charge in [-0.15, -0.1) is 0 Å². The van der Waals surface area contributed by atoms with E-state index in [0.29, 0.717) is 0 Å². The molecule has 1 aliphatic carbocycles. The summed E-state index contributed by atoms with van der Waals surface area (Å²) in [5, 5.41) is 0. The molecule has 0 saturated heterocycles. The molecular weight excluding hydrogens is 240 g/mol. The molecule has 1 saturated carbocycles. The first-order valence-electron chi connectivity index (χ1n) is 5.97. The van der Waals surface area contributed by atoms with E-state index in [0.717, 1.165) is 39.2 Å². The van der Waals surface area contributed by atoms with Crippen LogP contribution in [-0.2, 0) is 18.9 Å². The van der Waals surface area contributed by atoms with Gasteiger partial charge in [-0.1, -0.05) is 6.42 Å². The maximum absolute atomic E-state index is 11.4. The highest BCUT2D eigenvalue weighted by molar-refractivity contribution is 5.77. The molecule has 1 heterocycles. The summed E-state index contributed by atoms with van der Waals surface area (Å²) in [6.45, 7) is 0. The molecule has 1 atom stereocenters. The first-order valence-corrected chi connectivity index (χ1v) is 5.97. The summed E-state index contributed by atoms with van der Waals surface area (Å²) in [4.78, 5) is 22.1. The second-order valence-corrected chi connectivity index (χ2v) is 4.42. The number of hydrogen-bond acceptors (Lipinski definition) is 6. The summed E-state index contributed by atoms with van der Waals surface area (Å²) in [5.74, 6) is 0. The summed E-state index contributed by atoms with van der Waals surface area (Å²) in [5.41, 5.74) is -0.479. The Bertz CT molecular complexity index is 356. The molecule has 2 aliphatic rings. The SMILES string of the molecule is COC(=O)OC(=O)OC1C=COC12CCCCC2. The van der Waals surface area contributed by atoms with Crippen LogP contribution in [0, 0.1) is 0 Å². The quantitative estimate of drug-likeness (QED) is 0.530. The van der Waals surface area contributed by atoms with Crippen LogP contribution in [-0.4, -0.2) is 31.1 Å². The van der Waals surface area contributed by atoms with Crippen molar-refractivity contribution >= 4 is 12.3 Å². The minimum atomic E-state index is -1.08. The Morgan fingerprint density at radius 3 is 2.61 bits per heavy atom. The Kier molecular flexibility index (Phi) is 3.74. The van der Waals surface area contributed by atoms with Crippen LogP contribution in [0.4, 0.5) is 9.59 Å². The summed E-state index contributed by atoms with van der Waals surface area (Å²) < 4.78 is 19.2. The van der Waals surface area contributed by atoms with Gasteiger partial charge in [-0.05, 0) is 31.8 Å². The zero-order chi connectivity index (χ0) is 13.0. The highest BCUT2D eigenvalue weighted by Crippen LogP contribution is 2.39. The summed E-state index contributed by atoms with van der Waals surface area (Å²) >= 11 is 0. The molecule has 0 amide bonds. The smallest absolute Gasteiger partial charge is 0.491 e. The topological polar surface area (TPSA) is 71.1 Å². The van der Waals surface area contributed by atoms with Gasteiger partial charge in [0, 0.05) is 0 Å². The molecule has 100 valence electrons. The van der Waals surface area contributed by atoms with Gasteiger partial charge in [0.15, 0.2) is 6.10 Å². The zero-order valence-electron chi connectivity index (χ0n) is 10.2.